The van der Waals surface area contributed by atoms with Gasteiger partial charge in [0.25, 0.3) is 5.91 Å². The zero-order valence-corrected chi connectivity index (χ0v) is 39.8. The SMILES string of the molecule is O=C(O)CC[C@@H](NC[C@@H](CCC(O)O)NC(=O)[C@@H](CCCO)NC(=O)CN(CCN(CCN1CCOC(=O)C1)CC(=O)O)CC(=O)O)C(=O)N[C@H](CCCCNC(=O)c1cccc(I)c1)C(=O)O. The smallest absolute Gasteiger partial charge is 0.326 e. The molecule has 4 amide bonds. The van der Waals surface area contributed by atoms with Gasteiger partial charge in [0.15, 0.2) is 6.29 Å². The Balaban J connectivity index is 2.11. The number of amides is 4. The van der Waals surface area contributed by atoms with Gasteiger partial charge in [-0.1, -0.05) is 6.07 Å². The number of hydrogen-bond donors (Lipinski definition) is 12. The van der Waals surface area contributed by atoms with Crippen LogP contribution in [0.3, 0.4) is 0 Å². The van der Waals surface area contributed by atoms with Crippen molar-refractivity contribution in [3.8, 4) is 0 Å². The van der Waals surface area contributed by atoms with Gasteiger partial charge in [0, 0.05) is 74.0 Å². The number of carbonyl (C=O) groups excluding carboxylic acids is 5. The highest BCUT2D eigenvalue weighted by Crippen LogP contribution is 2.10. The van der Waals surface area contributed by atoms with Gasteiger partial charge in [-0.3, -0.25) is 53.1 Å². The average molecular weight is 1080 g/mol. The highest BCUT2D eigenvalue weighted by molar-refractivity contribution is 14.1. The molecule has 382 valence electrons. The number of carboxylic acid groups (broad SMARTS) is 4. The van der Waals surface area contributed by atoms with Gasteiger partial charge < -0.3 is 67.1 Å². The van der Waals surface area contributed by atoms with Gasteiger partial charge in [-0.05, 0) is 92.2 Å². The molecule has 25 nitrogen and oxygen atoms in total. The van der Waals surface area contributed by atoms with Crippen LogP contribution in [0, 0.1) is 3.57 Å². The first kappa shape index (κ1) is 59.0. The number of carboxylic acids is 4. The van der Waals surface area contributed by atoms with E-state index in [4.69, 9.17) is 4.74 Å². The van der Waals surface area contributed by atoms with Crippen molar-refractivity contribution in [3.63, 3.8) is 0 Å². The number of ether oxygens (including phenoxy) is 1. The molecule has 0 saturated carbocycles. The third kappa shape index (κ3) is 25.9. The summed E-state index contributed by atoms with van der Waals surface area (Å²) >= 11 is 2.08. The topological polar surface area (TPSA) is 374 Å². The monoisotopic (exact) mass is 1080 g/mol. The Morgan fingerprint density at radius 3 is 2.06 bits per heavy atom. The number of aliphatic carboxylic acids is 4. The third-order valence-corrected chi connectivity index (χ3v) is 11.1. The Bertz CT molecular complexity index is 1830. The van der Waals surface area contributed by atoms with Gasteiger partial charge in [0.1, 0.15) is 18.7 Å². The molecule has 1 heterocycles. The fourth-order valence-corrected chi connectivity index (χ4v) is 7.46. The molecule has 1 aliphatic heterocycles. The molecule has 4 atom stereocenters. The minimum atomic E-state index is -1.83. The third-order valence-electron chi connectivity index (χ3n) is 10.5. The summed E-state index contributed by atoms with van der Waals surface area (Å²) in [6.45, 7) is -0.905. The van der Waals surface area contributed by atoms with Crippen molar-refractivity contribution in [2.45, 2.75) is 88.2 Å². The normalized spacial score (nSPS) is 14.7. The summed E-state index contributed by atoms with van der Waals surface area (Å²) in [6, 6.07) is 1.92. The van der Waals surface area contributed by atoms with E-state index in [1.54, 1.807) is 23.1 Å². The Hall–Kier alpha value is -5.10. The van der Waals surface area contributed by atoms with Gasteiger partial charge in [0.2, 0.25) is 17.7 Å². The van der Waals surface area contributed by atoms with E-state index in [2.05, 4.69) is 49.2 Å². The molecular weight excluding hydrogens is 1020 g/mol. The lowest BCUT2D eigenvalue weighted by molar-refractivity contribution is -0.151. The van der Waals surface area contributed by atoms with Crippen LogP contribution < -0.4 is 26.6 Å². The lowest BCUT2D eigenvalue weighted by atomic mass is 10.0. The number of carbonyl (C=O) groups is 9. The molecule has 0 spiro atoms. The standard InChI is InChI=1S/C42H65IN8O17/c43-28-6-3-5-27(21-28)39(63)44-13-2-1-7-32(42(66)67)48-40(64)30(10-12-35(56)57)45-22-29(9-11-34(54)55)46-41(65)31(8-4-19-52)47-33(53)23-51(25-37(60)61)17-16-49(24-36(58)59)14-15-50-18-20-68-38(62)26-50/h3,5-6,21,29-32,34,45,52,54-55H,1-2,4,7-20,22-26H2,(H,44,63)(H,46,65)(H,47,53)(H,48,64)(H,56,57)(H,58,59)(H,60,61)(H,66,67)/t29-,30-,31-,32-/m1/s1. The van der Waals surface area contributed by atoms with Gasteiger partial charge in [-0.2, -0.15) is 0 Å². The second-order valence-electron chi connectivity index (χ2n) is 16.1. The predicted molar refractivity (Wildman–Crippen MR) is 247 cm³/mol. The highest BCUT2D eigenvalue weighted by Gasteiger charge is 2.29. The van der Waals surface area contributed by atoms with Crippen LogP contribution in [0.25, 0.3) is 0 Å². The number of morpholine rings is 1. The molecular formula is C42H65IN8O17. The number of aliphatic hydroxyl groups excluding tert-OH is 2. The predicted octanol–water partition coefficient (Wildman–Crippen LogP) is -2.95. The van der Waals surface area contributed by atoms with E-state index < -0.39 is 104 Å². The first-order valence-electron chi connectivity index (χ1n) is 22.1. The van der Waals surface area contributed by atoms with Gasteiger partial charge in [-0.15, -0.1) is 0 Å². The summed E-state index contributed by atoms with van der Waals surface area (Å²) in [5, 5.41) is 80.4. The molecule has 0 radical (unpaired) electrons. The van der Waals surface area contributed by atoms with Crippen molar-refractivity contribution >= 4 is 76.1 Å². The molecule has 1 aromatic carbocycles. The van der Waals surface area contributed by atoms with Crippen molar-refractivity contribution in [1.29, 1.82) is 0 Å². The highest BCUT2D eigenvalue weighted by atomic mass is 127. The second-order valence-corrected chi connectivity index (χ2v) is 17.3. The van der Waals surface area contributed by atoms with Crippen molar-refractivity contribution in [2.75, 3.05) is 85.2 Å². The first-order chi connectivity index (χ1) is 32.3. The summed E-state index contributed by atoms with van der Waals surface area (Å²) in [4.78, 5) is 116. The van der Waals surface area contributed by atoms with E-state index in [1.807, 2.05) is 6.07 Å². The van der Waals surface area contributed by atoms with Crippen molar-refractivity contribution in [1.82, 2.24) is 41.3 Å². The lowest BCUT2D eigenvalue weighted by Gasteiger charge is -2.30. The van der Waals surface area contributed by atoms with Crippen LogP contribution in [0.2, 0.25) is 0 Å². The maximum absolute atomic E-state index is 13.7. The number of nitrogens with one attached hydrogen (secondary N) is 5. The zero-order valence-electron chi connectivity index (χ0n) is 37.7. The number of benzene rings is 1. The van der Waals surface area contributed by atoms with Crippen LogP contribution in [-0.2, 0) is 43.1 Å². The van der Waals surface area contributed by atoms with E-state index in [-0.39, 0.29) is 103 Å². The second kappa shape index (κ2) is 32.6. The molecule has 0 aromatic heterocycles. The molecule has 68 heavy (non-hydrogen) atoms. The quantitative estimate of drug-likeness (QED) is 0.0138. The minimum Gasteiger partial charge on any atom is -0.481 e. The van der Waals surface area contributed by atoms with Crippen molar-refractivity contribution < 1.29 is 83.6 Å². The molecule has 0 aliphatic carbocycles. The van der Waals surface area contributed by atoms with Gasteiger partial charge >= 0.3 is 29.8 Å². The van der Waals surface area contributed by atoms with Crippen LogP contribution in [-0.4, -0.2) is 220 Å². The van der Waals surface area contributed by atoms with Crippen molar-refractivity contribution in [2.24, 2.45) is 0 Å². The van der Waals surface area contributed by atoms with Crippen LogP contribution in [0.15, 0.2) is 24.3 Å². The maximum atomic E-state index is 13.7. The number of rotatable bonds is 36. The Morgan fingerprint density at radius 1 is 0.750 bits per heavy atom. The lowest BCUT2D eigenvalue weighted by Crippen LogP contribution is -2.56. The van der Waals surface area contributed by atoms with Gasteiger partial charge in [0.05, 0.1) is 32.2 Å². The molecule has 1 aromatic rings. The van der Waals surface area contributed by atoms with Crippen molar-refractivity contribution in [3.05, 3.63) is 33.4 Å². The number of halogens is 1. The zero-order chi connectivity index (χ0) is 50.6. The molecule has 26 heteroatoms. The summed E-state index contributed by atoms with van der Waals surface area (Å²) in [7, 11) is 0. The van der Waals surface area contributed by atoms with Crippen LogP contribution in [0.5, 0.6) is 0 Å². The van der Waals surface area contributed by atoms with E-state index in [0.29, 0.717) is 25.1 Å². The summed E-state index contributed by atoms with van der Waals surface area (Å²) in [5.74, 6) is -8.27. The van der Waals surface area contributed by atoms with E-state index in [0.717, 1.165) is 3.57 Å². The largest absolute Gasteiger partial charge is 0.481 e. The molecule has 1 aliphatic rings. The maximum Gasteiger partial charge on any atom is 0.326 e. The number of hydrogen-bond acceptors (Lipinski definition) is 17. The molecule has 0 bridgehead atoms. The van der Waals surface area contributed by atoms with E-state index >= 15 is 0 Å². The van der Waals surface area contributed by atoms with E-state index in [9.17, 15) is 78.9 Å². The minimum absolute atomic E-state index is 0.0173. The first-order valence-corrected chi connectivity index (χ1v) is 23.2. The molecule has 1 fully saturated rings. The van der Waals surface area contributed by atoms with E-state index in [1.165, 1.54) is 9.80 Å². The molecule has 0 unspecified atom stereocenters. The van der Waals surface area contributed by atoms with Crippen LogP contribution >= 0.6 is 22.6 Å². The molecule has 1 saturated heterocycles. The van der Waals surface area contributed by atoms with Gasteiger partial charge in [-0.25, -0.2) is 4.79 Å². The summed E-state index contributed by atoms with van der Waals surface area (Å²) in [6.07, 6.45) is -2.51. The molecule has 12 N–H and O–H groups in total. The Labute approximate surface area is 406 Å². The number of cyclic esters (lactones) is 1. The summed E-state index contributed by atoms with van der Waals surface area (Å²) < 4.78 is 5.79. The number of esters is 1. The fourth-order valence-electron chi connectivity index (χ4n) is 6.92. The van der Waals surface area contributed by atoms with Crippen LogP contribution in [0.1, 0.15) is 68.1 Å². The fraction of sp³-hybridized carbons (Fsp3) is 0.643. The Morgan fingerprint density at radius 2 is 1.43 bits per heavy atom. The Kier molecular flexibility index (Phi) is 28.3. The molecule has 2 rings (SSSR count). The average Bonchev–Trinajstić information content (AvgIpc) is 3.26. The summed E-state index contributed by atoms with van der Waals surface area (Å²) in [5.41, 5.74) is 0.460. The number of unbranched alkanes of at least 4 members (excludes halogenated alkanes) is 1. The van der Waals surface area contributed by atoms with Crippen LogP contribution in [0.4, 0.5) is 0 Å². The number of nitrogens with zero attached hydrogens (tertiary/aromatic N) is 3. The number of aliphatic hydroxyl groups is 3.